The summed E-state index contributed by atoms with van der Waals surface area (Å²) in [7, 11) is -1.67. The zero-order valence-electron chi connectivity index (χ0n) is 13.0. The minimum Gasteiger partial charge on any atom is -0.486 e. The second kappa shape index (κ2) is 6.67. The van der Waals surface area contributed by atoms with E-state index in [4.69, 9.17) is 4.74 Å². The number of hydrogen-bond donors (Lipinski definition) is 1. The number of nitrogens with zero attached hydrogens (tertiary/aromatic N) is 3. The molecule has 0 atom stereocenters. The van der Waals surface area contributed by atoms with Crippen molar-refractivity contribution in [3.8, 4) is 5.75 Å². The fraction of sp³-hybridized carbons (Fsp3) is 0.467. The van der Waals surface area contributed by atoms with Gasteiger partial charge in [0.15, 0.2) is 5.82 Å². The van der Waals surface area contributed by atoms with Crippen LogP contribution in [-0.2, 0) is 23.7 Å². The standard InChI is InChI=1S/C15H20N4O3S/c1-19-15(16-11-17-19)10-22-13-6-8-14(9-7-13)23(20,21)18-12-4-2-3-5-12/h6-9,11-12,18H,2-5,10H2,1H3. The van der Waals surface area contributed by atoms with Gasteiger partial charge in [-0.25, -0.2) is 18.1 Å². The van der Waals surface area contributed by atoms with Gasteiger partial charge in [-0.15, -0.1) is 0 Å². The summed E-state index contributed by atoms with van der Waals surface area (Å²) in [6.45, 7) is 0.281. The van der Waals surface area contributed by atoms with Gasteiger partial charge in [-0.05, 0) is 37.1 Å². The molecule has 3 rings (SSSR count). The number of ether oxygens (including phenoxy) is 1. The van der Waals surface area contributed by atoms with Crippen LogP contribution in [-0.4, -0.2) is 29.2 Å². The predicted molar refractivity (Wildman–Crippen MR) is 84.4 cm³/mol. The molecule has 2 aromatic rings. The number of nitrogens with one attached hydrogen (secondary N) is 1. The lowest BCUT2D eigenvalue weighted by Crippen LogP contribution is -2.32. The summed E-state index contributed by atoms with van der Waals surface area (Å²) in [4.78, 5) is 4.33. The maximum atomic E-state index is 12.3. The molecular weight excluding hydrogens is 316 g/mol. The smallest absolute Gasteiger partial charge is 0.240 e. The Morgan fingerprint density at radius 1 is 1.26 bits per heavy atom. The summed E-state index contributed by atoms with van der Waals surface area (Å²) in [5.74, 6) is 1.29. The van der Waals surface area contributed by atoms with E-state index in [0.717, 1.165) is 25.7 Å². The van der Waals surface area contributed by atoms with Crippen LogP contribution in [0.2, 0.25) is 0 Å². The van der Waals surface area contributed by atoms with Crippen LogP contribution < -0.4 is 9.46 Å². The van der Waals surface area contributed by atoms with Crippen molar-refractivity contribution in [2.75, 3.05) is 0 Å². The van der Waals surface area contributed by atoms with Crippen LogP contribution in [0.25, 0.3) is 0 Å². The van der Waals surface area contributed by atoms with Gasteiger partial charge in [0.25, 0.3) is 0 Å². The highest BCUT2D eigenvalue weighted by Crippen LogP contribution is 2.21. The second-order valence-corrected chi connectivity index (χ2v) is 7.38. The maximum Gasteiger partial charge on any atom is 0.240 e. The van der Waals surface area contributed by atoms with Crippen molar-refractivity contribution in [1.29, 1.82) is 0 Å². The van der Waals surface area contributed by atoms with Crippen molar-refractivity contribution in [3.05, 3.63) is 36.4 Å². The van der Waals surface area contributed by atoms with E-state index in [2.05, 4.69) is 14.8 Å². The molecule has 0 aliphatic heterocycles. The van der Waals surface area contributed by atoms with E-state index in [1.807, 2.05) is 0 Å². The zero-order valence-corrected chi connectivity index (χ0v) is 13.8. The van der Waals surface area contributed by atoms with E-state index in [-0.39, 0.29) is 17.5 Å². The van der Waals surface area contributed by atoms with Crippen LogP contribution in [0.3, 0.4) is 0 Å². The fourth-order valence-corrected chi connectivity index (χ4v) is 3.95. The minimum absolute atomic E-state index is 0.0619. The van der Waals surface area contributed by atoms with E-state index >= 15 is 0 Å². The average Bonchev–Trinajstić information content (AvgIpc) is 3.17. The number of hydrogen-bond acceptors (Lipinski definition) is 5. The maximum absolute atomic E-state index is 12.3. The van der Waals surface area contributed by atoms with Gasteiger partial charge in [0.2, 0.25) is 10.0 Å². The van der Waals surface area contributed by atoms with Crippen molar-refractivity contribution in [3.63, 3.8) is 0 Å². The Balaban J connectivity index is 1.63. The fourth-order valence-electron chi connectivity index (χ4n) is 2.64. The summed E-state index contributed by atoms with van der Waals surface area (Å²) in [5, 5.41) is 3.96. The highest BCUT2D eigenvalue weighted by molar-refractivity contribution is 7.89. The van der Waals surface area contributed by atoms with Crippen molar-refractivity contribution in [2.45, 2.75) is 43.2 Å². The van der Waals surface area contributed by atoms with Gasteiger partial charge in [0, 0.05) is 13.1 Å². The Labute approximate surface area is 135 Å². The van der Waals surface area contributed by atoms with Gasteiger partial charge < -0.3 is 4.74 Å². The summed E-state index contributed by atoms with van der Waals surface area (Å²) in [6.07, 6.45) is 5.46. The molecule has 23 heavy (non-hydrogen) atoms. The third kappa shape index (κ3) is 3.89. The average molecular weight is 336 g/mol. The number of rotatable bonds is 6. The topological polar surface area (TPSA) is 86.1 Å². The molecule has 1 aromatic carbocycles. The van der Waals surface area contributed by atoms with Gasteiger partial charge in [0.1, 0.15) is 18.7 Å². The molecule has 7 nitrogen and oxygen atoms in total. The third-order valence-electron chi connectivity index (χ3n) is 3.98. The Morgan fingerprint density at radius 2 is 1.96 bits per heavy atom. The Morgan fingerprint density at radius 3 is 2.57 bits per heavy atom. The molecule has 1 aromatic heterocycles. The monoisotopic (exact) mass is 336 g/mol. The van der Waals surface area contributed by atoms with Gasteiger partial charge in [-0.3, -0.25) is 4.68 Å². The number of aromatic nitrogens is 3. The largest absolute Gasteiger partial charge is 0.486 e. The van der Waals surface area contributed by atoms with Gasteiger partial charge in [-0.1, -0.05) is 12.8 Å². The van der Waals surface area contributed by atoms with Crippen molar-refractivity contribution in [2.24, 2.45) is 7.05 Å². The molecule has 8 heteroatoms. The second-order valence-electron chi connectivity index (χ2n) is 5.66. The lowest BCUT2D eigenvalue weighted by molar-refractivity contribution is 0.289. The molecule has 0 amide bonds. The highest BCUT2D eigenvalue weighted by atomic mass is 32.2. The number of sulfonamides is 1. The molecule has 1 heterocycles. The molecule has 0 spiro atoms. The SMILES string of the molecule is Cn1ncnc1COc1ccc(S(=O)(=O)NC2CCCC2)cc1. The Kier molecular flexibility index (Phi) is 4.63. The van der Waals surface area contributed by atoms with E-state index in [1.165, 1.54) is 6.33 Å². The first-order chi connectivity index (χ1) is 11.0. The minimum atomic E-state index is -3.46. The van der Waals surface area contributed by atoms with Gasteiger partial charge in [-0.2, -0.15) is 5.10 Å². The third-order valence-corrected chi connectivity index (χ3v) is 5.52. The van der Waals surface area contributed by atoms with Crippen LogP contribution in [0.15, 0.2) is 35.5 Å². The van der Waals surface area contributed by atoms with Crippen molar-refractivity contribution in [1.82, 2.24) is 19.5 Å². The predicted octanol–water partition coefficient (Wildman–Crippen LogP) is 1.61. The first-order valence-electron chi connectivity index (χ1n) is 7.63. The normalized spacial score (nSPS) is 15.9. The highest BCUT2D eigenvalue weighted by Gasteiger charge is 2.22. The Bertz CT molecular complexity index is 749. The van der Waals surface area contributed by atoms with Gasteiger partial charge >= 0.3 is 0 Å². The molecule has 0 saturated heterocycles. The van der Waals surface area contributed by atoms with E-state index in [9.17, 15) is 8.42 Å². The van der Waals surface area contributed by atoms with Crippen LogP contribution >= 0.6 is 0 Å². The lowest BCUT2D eigenvalue weighted by Gasteiger charge is -2.13. The number of aryl methyl sites for hydroxylation is 1. The summed E-state index contributed by atoms with van der Waals surface area (Å²) in [5.41, 5.74) is 0. The lowest BCUT2D eigenvalue weighted by atomic mass is 10.3. The van der Waals surface area contributed by atoms with Crippen LogP contribution in [0.5, 0.6) is 5.75 Å². The molecule has 0 unspecified atom stereocenters. The van der Waals surface area contributed by atoms with Crippen LogP contribution in [0.4, 0.5) is 0 Å². The molecule has 1 N–H and O–H groups in total. The first kappa shape index (κ1) is 15.9. The van der Waals surface area contributed by atoms with E-state index in [1.54, 1.807) is 36.0 Å². The molecule has 0 radical (unpaired) electrons. The quantitative estimate of drug-likeness (QED) is 0.866. The first-order valence-corrected chi connectivity index (χ1v) is 9.11. The zero-order chi connectivity index (χ0) is 16.3. The van der Waals surface area contributed by atoms with Crippen molar-refractivity contribution >= 4 is 10.0 Å². The Hall–Kier alpha value is -1.93. The molecule has 1 saturated carbocycles. The van der Waals surface area contributed by atoms with Crippen molar-refractivity contribution < 1.29 is 13.2 Å². The van der Waals surface area contributed by atoms with Crippen LogP contribution in [0, 0.1) is 0 Å². The van der Waals surface area contributed by atoms with Gasteiger partial charge in [0.05, 0.1) is 4.90 Å². The summed E-state index contributed by atoms with van der Waals surface area (Å²) < 4.78 is 34.6. The summed E-state index contributed by atoms with van der Waals surface area (Å²) in [6, 6.07) is 6.48. The van der Waals surface area contributed by atoms with Crippen LogP contribution in [0.1, 0.15) is 31.5 Å². The molecule has 0 bridgehead atoms. The molecule has 1 fully saturated rings. The van der Waals surface area contributed by atoms with E-state index in [0.29, 0.717) is 11.6 Å². The molecule has 124 valence electrons. The van der Waals surface area contributed by atoms with E-state index < -0.39 is 10.0 Å². The summed E-state index contributed by atoms with van der Waals surface area (Å²) >= 11 is 0. The molecule has 1 aliphatic rings. The number of benzene rings is 1. The molecule has 1 aliphatic carbocycles. The molecular formula is C15H20N4O3S.